The minimum Gasteiger partial charge on any atom is -0.487 e. The van der Waals surface area contributed by atoms with Crippen molar-refractivity contribution >= 4 is 17.5 Å². The van der Waals surface area contributed by atoms with Crippen LogP contribution in [-0.2, 0) is 4.79 Å². The number of carbonyl (C=O) groups excluding carboxylic acids is 1. The number of nitrogens with zero attached hydrogens (tertiary/aromatic N) is 6. The molecular formula is C21H25F3N6O3. The molecule has 0 aliphatic carbocycles. The van der Waals surface area contributed by atoms with E-state index in [-0.39, 0.29) is 23.8 Å². The zero-order valence-corrected chi connectivity index (χ0v) is 18.3. The molecule has 0 unspecified atom stereocenters. The van der Waals surface area contributed by atoms with Gasteiger partial charge in [0, 0.05) is 46.2 Å². The number of pyridine rings is 1. The van der Waals surface area contributed by atoms with Crippen LogP contribution in [0.4, 0.5) is 24.8 Å². The molecule has 9 nitrogen and oxygen atoms in total. The Morgan fingerprint density at radius 3 is 2.42 bits per heavy atom. The summed E-state index contributed by atoms with van der Waals surface area (Å²) < 4.78 is 47.1. The quantitative estimate of drug-likeness (QED) is 0.613. The van der Waals surface area contributed by atoms with Gasteiger partial charge in [0.15, 0.2) is 6.61 Å². The number of aromatic nitrogens is 3. The van der Waals surface area contributed by atoms with Crippen LogP contribution in [0.3, 0.4) is 0 Å². The topological polar surface area (TPSA) is 83.9 Å². The van der Waals surface area contributed by atoms with Gasteiger partial charge in [-0.2, -0.15) is 13.2 Å². The van der Waals surface area contributed by atoms with Crippen molar-refractivity contribution in [1.82, 2.24) is 19.9 Å². The predicted octanol–water partition coefficient (Wildman–Crippen LogP) is 1.99. The van der Waals surface area contributed by atoms with Gasteiger partial charge < -0.3 is 24.2 Å². The number of alkyl halides is 3. The summed E-state index contributed by atoms with van der Waals surface area (Å²) in [4.78, 5) is 30.4. The smallest absolute Gasteiger partial charge is 0.422 e. The Kier molecular flexibility index (Phi) is 6.43. The van der Waals surface area contributed by atoms with E-state index in [4.69, 9.17) is 4.74 Å². The van der Waals surface area contributed by atoms with Crippen LogP contribution in [0.5, 0.6) is 11.6 Å². The summed E-state index contributed by atoms with van der Waals surface area (Å²) in [6, 6.07) is 2.90. The molecular weight excluding hydrogens is 441 g/mol. The normalized spacial score (nSPS) is 18.8. The highest BCUT2D eigenvalue weighted by molar-refractivity contribution is 5.81. The molecule has 2 aliphatic heterocycles. The molecule has 2 aliphatic rings. The first kappa shape index (κ1) is 22.9. The summed E-state index contributed by atoms with van der Waals surface area (Å²) in [5, 5.41) is 0. The average Bonchev–Trinajstić information content (AvgIpc) is 3.20. The molecule has 2 aromatic heterocycles. The Morgan fingerprint density at radius 2 is 1.82 bits per heavy atom. The summed E-state index contributed by atoms with van der Waals surface area (Å²) in [7, 11) is 3.50. The summed E-state index contributed by atoms with van der Waals surface area (Å²) in [5.41, 5.74) is 0.875. The SMILES string of the molecule is CN(C)C(=O)C1CN(c2ncc(N3CC[C@@H](Oc4ccc(OCC(F)(F)F)nc4)C3)cn2)C1. The van der Waals surface area contributed by atoms with Gasteiger partial charge in [-0.15, -0.1) is 0 Å². The fourth-order valence-corrected chi connectivity index (χ4v) is 3.73. The number of anilines is 2. The lowest BCUT2D eigenvalue weighted by Crippen LogP contribution is -2.54. The van der Waals surface area contributed by atoms with Crippen molar-refractivity contribution in [1.29, 1.82) is 0 Å². The first-order chi connectivity index (χ1) is 15.7. The Morgan fingerprint density at radius 1 is 1.09 bits per heavy atom. The highest BCUT2D eigenvalue weighted by Gasteiger charge is 2.35. The largest absolute Gasteiger partial charge is 0.487 e. The third-order valence-electron chi connectivity index (χ3n) is 5.48. The van der Waals surface area contributed by atoms with E-state index in [2.05, 4.69) is 24.6 Å². The number of ether oxygens (including phenoxy) is 2. The van der Waals surface area contributed by atoms with E-state index >= 15 is 0 Å². The third kappa shape index (κ3) is 5.74. The van der Waals surface area contributed by atoms with Crippen LogP contribution < -0.4 is 19.3 Å². The van der Waals surface area contributed by atoms with Gasteiger partial charge in [0.1, 0.15) is 11.9 Å². The number of carbonyl (C=O) groups is 1. The van der Waals surface area contributed by atoms with Gasteiger partial charge in [-0.3, -0.25) is 4.79 Å². The predicted molar refractivity (Wildman–Crippen MR) is 113 cm³/mol. The van der Waals surface area contributed by atoms with Gasteiger partial charge in [0.25, 0.3) is 0 Å². The number of halogens is 3. The van der Waals surface area contributed by atoms with Crippen LogP contribution in [0.25, 0.3) is 0 Å². The molecule has 2 aromatic rings. The van der Waals surface area contributed by atoms with E-state index in [1.54, 1.807) is 37.5 Å². The molecule has 0 N–H and O–H groups in total. The van der Waals surface area contributed by atoms with Crippen molar-refractivity contribution in [2.24, 2.45) is 5.92 Å². The maximum atomic E-state index is 12.2. The van der Waals surface area contributed by atoms with Crippen molar-refractivity contribution in [3.05, 3.63) is 30.7 Å². The van der Waals surface area contributed by atoms with Gasteiger partial charge in [-0.1, -0.05) is 0 Å². The second kappa shape index (κ2) is 9.28. The molecule has 4 heterocycles. The lowest BCUT2D eigenvalue weighted by Gasteiger charge is -2.39. The molecule has 0 saturated carbocycles. The highest BCUT2D eigenvalue weighted by Crippen LogP contribution is 2.26. The van der Waals surface area contributed by atoms with Crippen LogP contribution in [0.2, 0.25) is 0 Å². The molecule has 1 amide bonds. The summed E-state index contributed by atoms with van der Waals surface area (Å²) in [5.74, 6) is 1.06. The van der Waals surface area contributed by atoms with Gasteiger partial charge >= 0.3 is 6.18 Å². The Hall–Kier alpha value is -3.31. The summed E-state index contributed by atoms with van der Waals surface area (Å²) in [6.07, 6.45) is 1.15. The van der Waals surface area contributed by atoms with Gasteiger partial charge in [-0.25, -0.2) is 15.0 Å². The first-order valence-corrected chi connectivity index (χ1v) is 10.5. The van der Waals surface area contributed by atoms with E-state index in [0.717, 1.165) is 18.7 Å². The zero-order valence-electron chi connectivity index (χ0n) is 18.3. The van der Waals surface area contributed by atoms with Crippen molar-refractivity contribution in [3.63, 3.8) is 0 Å². The second-order valence-corrected chi connectivity index (χ2v) is 8.29. The van der Waals surface area contributed by atoms with Crippen molar-refractivity contribution in [3.8, 4) is 11.6 Å². The minimum absolute atomic E-state index is 0.0143. The van der Waals surface area contributed by atoms with Gasteiger partial charge in [0.05, 0.1) is 36.7 Å². The van der Waals surface area contributed by atoms with E-state index in [1.807, 2.05) is 4.90 Å². The van der Waals surface area contributed by atoms with Crippen molar-refractivity contribution < 1.29 is 27.4 Å². The number of hydrogen-bond acceptors (Lipinski definition) is 8. The molecule has 178 valence electrons. The van der Waals surface area contributed by atoms with E-state index in [1.165, 1.54) is 12.3 Å². The molecule has 1 atom stereocenters. The molecule has 33 heavy (non-hydrogen) atoms. The lowest BCUT2D eigenvalue weighted by atomic mass is 9.99. The summed E-state index contributed by atoms with van der Waals surface area (Å²) >= 11 is 0. The Labute approximate surface area is 189 Å². The number of hydrogen-bond donors (Lipinski definition) is 0. The average molecular weight is 466 g/mol. The molecule has 12 heteroatoms. The molecule has 0 spiro atoms. The summed E-state index contributed by atoms with van der Waals surface area (Å²) in [6.45, 7) is 1.23. The molecule has 2 fully saturated rings. The van der Waals surface area contributed by atoms with Crippen LogP contribution in [-0.4, -0.2) is 84.9 Å². The molecule has 0 bridgehead atoms. The van der Waals surface area contributed by atoms with Crippen LogP contribution in [0.1, 0.15) is 6.42 Å². The number of rotatable bonds is 7. The third-order valence-corrected chi connectivity index (χ3v) is 5.48. The lowest BCUT2D eigenvalue weighted by molar-refractivity contribution is -0.154. The Bertz CT molecular complexity index is 949. The fraction of sp³-hybridized carbons (Fsp3) is 0.524. The van der Waals surface area contributed by atoms with Crippen molar-refractivity contribution in [2.75, 3.05) is 56.7 Å². The van der Waals surface area contributed by atoms with E-state index < -0.39 is 12.8 Å². The molecule has 4 rings (SSSR count). The minimum atomic E-state index is -4.41. The molecule has 2 saturated heterocycles. The van der Waals surface area contributed by atoms with E-state index in [0.29, 0.717) is 31.3 Å². The number of amides is 1. The maximum absolute atomic E-state index is 12.2. The van der Waals surface area contributed by atoms with E-state index in [9.17, 15) is 18.0 Å². The van der Waals surface area contributed by atoms with Crippen LogP contribution in [0.15, 0.2) is 30.7 Å². The second-order valence-electron chi connectivity index (χ2n) is 8.29. The Balaban J connectivity index is 1.25. The molecule has 0 radical (unpaired) electrons. The maximum Gasteiger partial charge on any atom is 0.422 e. The fourth-order valence-electron chi connectivity index (χ4n) is 3.73. The standard InChI is InChI=1S/C21H25F3N6O3/c1-28(2)19(31)14-10-30(11-14)20-26-7-15(8-27-20)29-6-5-17(12-29)33-16-3-4-18(25-9-16)32-13-21(22,23)24/h3-4,7-9,14,17H,5-6,10-13H2,1-2H3/t17-/m1/s1. The molecule has 0 aromatic carbocycles. The zero-order chi connectivity index (χ0) is 23.6. The van der Waals surface area contributed by atoms with Crippen LogP contribution >= 0.6 is 0 Å². The van der Waals surface area contributed by atoms with Gasteiger partial charge in [-0.05, 0) is 6.07 Å². The van der Waals surface area contributed by atoms with Crippen molar-refractivity contribution in [2.45, 2.75) is 18.7 Å². The van der Waals surface area contributed by atoms with Crippen LogP contribution in [0, 0.1) is 5.92 Å². The van der Waals surface area contributed by atoms with Gasteiger partial charge in [0.2, 0.25) is 17.7 Å². The first-order valence-electron chi connectivity index (χ1n) is 10.5. The monoisotopic (exact) mass is 466 g/mol. The highest BCUT2D eigenvalue weighted by atomic mass is 19.4.